The number of anilines is 1. The highest BCUT2D eigenvalue weighted by Gasteiger charge is 2.20. The van der Waals surface area contributed by atoms with Gasteiger partial charge in [0.1, 0.15) is 0 Å². The Kier molecular flexibility index (Phi) is 5.84. The summed E-state index contributed by atoms with van der Waals surface area (Å²) >= 11 is 6.26. The van der Waals surface area contributed by atoms with Crippen LogP contribution < -0.4 is 10.7 Å². The molecule has 0 aliphatic rings. The molecule has 7 nitrogen and oxygen atoms in total. The number of carbonyl (C=O) groups is 1. The van der Waals surface area contributed by atoms with Crippen molar-refractivity contribution >= 4 is 60.3 Å². The molecule has 4 aromatic rings. The number of rotatable bonds is 6. The molecule has 0 aliphatic carbocycles. The van der Waals surface area contributed by atoms with Gasteiger partial charge >= 0.3 is 0 Å². The van der Waals surface area contributed by atoms with Crippen molar-refractivity contribution in [3.63, 3.8) is 0 Å². The number of amides is 1. The smallest absolute Gasteiger partial charge is 0.239 e. The van der Waals surface area contributed by atoms with Gasteiger partial charge in [0, 0.05) is 16.6 Å². The molecule has 4 rings (SSSR count). The molecule has 0 fully saturated rings. The SMILES string of the molecule is CCN(C(=O)CSc1nnc(-c2ccccc2Br)n1N)c1nc2ccccc2s1. The van der Waals surface area contributed by atoms with Crippen LogP contribution in [0, 0.1) is 0 Å². The van der Waals surface area contributed by atoms with Gasteiger partial charge in [-0.2, -0.15) is 0 Å². The van der Waals surface area contributed by atoms with Crippen LogP contribution in [0.1, 0.15) is 6.92 Å². The molecule has 0 saturated heterocycles. The van der Waals surface area contributed by atoms with Crippen molar-refractivity contribution in [3.8, 4) is 11.4 Å². The predicted molar refractivity (Wildman–Crippen MR) is 122 cm³/mol. The van der Waals surface area contributed by atoms with E-state index in [1.54, 1.807) is 4.90 Å². The Morgan fingerprint density at radius 2 is 1.97 bits per heavy atom. The molecule has 0 spiro atoms. The van der Waals surface area contributed by atoms with Crippen LogP contribution >= 0.6 is 39.0 Å². The minimum absolute atomic E-state index is 0.0537. The number of thioether (sulfide) groups is 1. The van der Waals surface area contributed by atoms with Crippen molar-refractivity contribution in [2.45, 2.75) is 12.1 Å². The van der Waals surface area contributed by atoms with Crippen molar-refractivity contribution in [1.29, 1.82) is 0 Å². The van der Waals surface area contributed by atoms with E-state index in [1.807, 2.05) is 55.5 Å². The zero-order valence-corrected chi connectivity index (χ0v) is 18.7. The number of benzene rings is 2. The number of fused-ring (bicyclic) bond motifs is 1. The number of thiazole rings is 1. The molecular formula is C19H17BrN6OS2. The van der Waals surface area contributed by atoms with Crippen LogP contribution in [0.25, 0.3) is 21.6 Å². The fourth-order valence-corrected chi connectivity index (χ4v) is 5.04. The summed E-state index contributed by atoms with van der Waals surface area (Å²) < 4.78 is 3.34. The maximum absolute atomic E-state index is 12.8. The minimum atomic E-state index is -0.0537. The third-order valence-corrected chi connectivity index (χ3v) is 6.91. The Balaban J connectivity index is 1.49. The number of nitrogens with two attached hydrogens (primary N) is 1. The second-order valence-corrected chi connectivity index (χ2v) is 8.85. The first kappa shape index (κ1) is 19.9. The Bertz CT molecular complexity index is 1140. The van der Waals surface area contributed by atoms with Gasteiger partial charge in [0.2, 0.25) is 11.1 Å². The van der Waals surface area contributed by atoms with Gasteiger partial charge in [-0.25, -0.2) is 9.66 Å². The summed E-state index contributed by atoms with van der Waals surface area (Å²) in [6, 6.07) is 15.5. The predicted octanol–water partition coefficient (Wildman–Crippen LogP) is 4.18. The second kappa shape index (κ2) is 8.52. The lowest BCUT2D eigenvalue weighted by Crippen LogP contribution is -2.32. The van der Waals surface area contributed by atoms with Crippen LogP contribution in [-0.4, -0.2) is 38.1 Å². The molecule has 2 aromatic heterocycles. The van der Waals surface area contributed by atoms with E-state index >= 15 is 0 Å². The molecule has 0 unspecified atom stereocenters. The molecule has 10 heteroatoms. The van der Waals surface area contributed by atoms with E-state index < -0.39 is 0 Å². The topological polar surface area (TPSA) is 89.9 Å². The fraction of sp³-hybridized carbons (Fsp3) is 0.158. The highest BCUT2D eigenvalue weighted by atomic mass is 79.9. The van der Waals surface area contributed by atoms with Gasteiger partial charge in [-0.1, -0.05) is 63.3 Å². The second-order valence-electron chi connectivity index (χ2n) is 6.05. The third-order valence-electron chi connectivity index (χ3n) is 4.23. The normalized spacial score (nSPS) is 11.1. The van der Waals surface area contributed by atoms with Crippen LogP contribution in [-0.2, 0) is 4.79 Å². The number of nitrogen functional groups attached to an aromatic ring is 1. The number of halogens is 1. The van der Waals surface area contributed by atoms with E-state index in [0.29, 0.717) is 22.7 Å². The molecule has 0 aliphatic heterocycles. The maximum Gasteiger partial charge on any atom is 0.239 e. The molecule has 0 radical (unpaired) electrons. The Morgan fingerprint density at radius 1 is 1.21 bits per heavy atom. The molecule has 148 valence electrons. The number of hydrogen-bond acceptors (Lipinski definition) is 7. The number of para-hydroxylation sites is 1. The molecule has 29 heavy (non-hydrogen) atoms. The summed E-state index contributed by atoms with van der Waals surface area (Å²) in [6.45, 7) is 2.47. The van der Waals surface area contributed by atoms with Crippen molar-refractivity contribution in [2.24, 2.45) is 0 Å². The summed E-state index contributed by atoms with van der Waals surface area (Å²) in [5.41, 5.74) is 1.73. The molecule has 0 bridgehead atoms. The number of nitrogens with zero attached hydrogens (tertiary/aromatic N) is 5. The van der Waals surface area contributed by atoms with Crippen molar-refractivity contribution in [2.75, 3.05) is 23.0 Å². The summed E-state index contributed by atoms with van der Waals surface area (Å²) in [5, 5.41) is 9.50. The largest absolute Gasteiger partial charge is 0.335 e. The van der Waals surface area contributed by atoms with Gasteiger partial charge in [-0.05, 0) is 31.2 Å². The zero-order chi connectivity index (χ0) is 20.4. The van der Waals surface area contributed by atoms with Crippen LogP contribution in [0.4, 0.5) is 5.13 Å². The minimum Gasteiger partial charge on any atom is -0.335 e. The highest BCUT2D eigenvalue weighted by molar-refractivity contribution is 9.10. The summed E-state index contributed by atoms with van der Waals surface area (Å²) in [6.07, 6.45) is 0. The quantitative estimate of drug-likeness (QED) is 0.323. The molecule has 2 aromatic carbocycles. The van der Waals surface area contributed by atoms with E-state index in [4.69, 9.17) is 5.84 Å². The summed E-state index contributed by atoms with van der Waals surface area (Å²) in [4.78, 5) is 19.1. The number of hydrogen-bond donors (Lipinski definition) is 1. The number of aromatic nitrogens is 4. The lowest BCUT2D eigenvalue weighted by molar-refractivity contribution is -0.116. The van der Waals surface area contributed by atoms with Gasteiger partial charge in [-0.3, -0.25) is 9.69 Å². The van der Waals surface area contributed by atoms with Gasteiger partial charge in [0.15, 0.2) is 11.0 Å². The summed E-state index contributed by atoms with van der Waals surface area (Å²) in [5.74, 6) is 6.85. The van der Waals surface area contributed by atoms with E-state index in [1.165, 1.54) is 27.8 Å². The zero-order valence-electron chi connectivity index (χ0n) is 15.4. The molecule has 1 amide bonds. The maximum atomic E-state index is 12.8. The fourth-order valence-electron chi connectivity index (χ4n) is 2.80. The molecule has 2 heterocycles. The standard InChI is InChI=1S/C19H17BrN6OS2/c1-2-25(18-22-14-9-5-6-10-15(14)29-18)16(27)11-28-19-24-23-17(26(19)21)12-7-3-4-8-13(12)20/h3-10H,2,11,21H2,1H3. The lowest BCUT2D eigenvalue weighted by atomic mass is 10.2. The van der Waals surface area contributed by atoms with E-state index in [0.717, 1.165) is 20.3 Å². The third kappa shape index (κ3) is 4.00. The first-order valence-corrected chi connectivity index (χ1v) is 11.4. The molecule has 0 atom stereocenters. The van der Waals surface area contributed by atoms with E-state index in [9.17, 15) is 4.79 Å². The average Bonchev–Trinajstić information content (AvgIpc) is 3.31. The average molecular weight is 489 g/mol. The highest BCUT2D eigenvalue weighted by Crippen LogP contribution is 2.30. The monoisotopic (exact) mass is 488 g/mol. The van der Waals surface area contributed by atoms with Crippen LogP contribution in [0.2, 0.25) is 0 Å². The summed E-state index contributed by atoms with van der Waals surface area (Å²) in [7, 11) is 0. The first-order valence-electron chi connectivity index (χ1n) is 8.82. The first-order chi connectivity index (χ1) is 14.1. The Morgan fingerprint density at radius 3 is 2.72 bits per heavy atom. The molecule has 2 N–H and O–H groups in total. The van der Waals surface area contributed by atoms with Crippen LogP contribution in [0.3, 0.4) is 0 Å². The van der Waals surface area contributed by atoms with Gasteiger partial charge in [-0.15, -0.1) is 10.2 Å². The van der Waals surface area contributed by atoms with E-state index in [-0.39, 0.29) is 11.7 Å². The van der Waals surface area contributed by atoms with Crippen molar-refractivity contribution < 1.29 is 4.79 Å². The number of carbonyl (C=O) groups excluding carboxylic acids is 1. The lowest BCUT2D eigenvalue weighted by Gasteiger charge is -2.17. The van der Waals surface area contributed by atoms with Gasteiger partial charge < -0.3 is 5.84 Å². The van der Waals surface area contributed by atoms with Gasteiger partial charge in [0.05, 0.1) is 16.0 Å². The molecular weight excluding hydrogens is 472 g/mol. The Labute approximate surface area is 184 Å². The van der Waals surface area contributed by atoms with Gasteiger partial charge in [0.25, 0.3) is 0 Å². The van der Waals surface area contributed by atoms with Crippen LogP contribution in [0.5, 0.6) is 0 Å². The van der Waals surface area contributed by atoms with E-state index in [2.05, 4.69) is 31.1 Å². The Hall–Kier alpha value is -2.43. The van der Waals surface area contributed by atoms with Crippen molar-refractivity contribution in [3.05, 3.63) is 53.0 Å². The molecule has 0 saturated carbocycles. The van der Waals surface area contributed by atoms with Crippen LogP contribution in [0.15, 0.2) is 58.2 Å². The van der Waals surface area contributed by atoms with Crippen molar-refractivity contribution in [1.82, 2.24) is 19.9 Å².